The maximum Gasteiger partial charge on any atom is 0.253 e. The Balaban J connectivity index is 2.72. The number of aliphatic hydroxyl groups excluding tert-OH is 1. The molecule has 1 aromatic heterocycles. The lowest BCUT2D eigenvalue weighted by atomic mass is 10.00. The second kappa shape index (κ2) is 4.89. The highest BCUT2D eigenvalue weighted by atomic mass is 16.3. The smallest absolute Gasteiger partial charge is 0.253 e. The van der Waals surface area contributed by atoms with E-state index in [1.165, 1.54) is 6.20 Å². The van der Waals surface area contributed by atoms with Gasteiger partial charge in [-0.15, -0.1) is 0 Å². The number of aromatic nitrogens is 1. The van der Waals surface area contributed by atoms with E-state index >= 15 is 0 Å². The third-order valence-electron chi connectivity index (χ3n) is 2.47. The summed E-state index contributed by atoms with van der Waals surface area (Å²) < 4.78 is 0. The van der Waals surface area contributed by atoms with E-state index in [4.69, 9.17) is 5.11 Å². The first kappa shape index (κ1) is 11.7. The monoisotopic (exact) mass is 208 g/mol. The number of carbonyl (C=O) groups excluding carboxylic acids is 1. The number of hydrogen-bond acceptors (Lipinski definition) is 3. The minimum atomic E-state index is -0.563. The summed E-state index contributed by atoms with van der Waals surface area (Å²) >= 11 is 0. The molecule has 0 aliphatic carbocycles. The van der Waals surface area contributed by atoms with Crippen molar-refractivity contribution in [1.29, 1.82) is 0 Å². The van der Waals surface area contributed by atoms with Crippen LogP contribution in [0.25, 0.3) is 0 Å². The van der Waals surface area contributed by atoms with E-state index < -0.39 is 5.54 Å². The number of aliphatic hydroxyl groups is 1. The zero-order valence-corrected chi connectivity index (χ0v) is 9.03. The molecule has 4 nitrogen and oxygen atoms in total. The highest BCUT2D eigenvalue weighted by Gasteiger charge is 2.23. The van der Waals surface area contributed by atoms with Gasteiger partial charge in [0.05, 0.1) is 17.7 Å². The van der Waals surface area contributed by atoms with E-state index in [1.54, 1.807) is 25.3 Å². The number of rotatable bonds is 4. The molecule has 0 fully saturated rings. The van der Waals surface area contributed by atoms with Crippen LogP contribution in [0.5, 0.6) is 0 Å². The van der Waals surface area contributed by atoms with Crippen molar-refractivity contribution in [2.75, 3.05) is 6.61 Å². The summed E-state index contributed by atoms with van der Waals surface area (Å²) in [6, 6.07) is 3.40. The van der Waals surface area contributed by atoms with Gasteiger partial charge in [0.2, 0.25) is 0 Å². The lowest BCUT2D eigenvalue weighted by Gasteiger charge is -2.27. The quantitative estimate of drug-likeness (QED) is 0.775. The number of nitrogens with one attached hydrogen (secondary N) is 1. The number of nitrogens with zero attached hydrogens (tertiary/aromatic N) is 1. The molecule has 0 bridgehead atoms. The van der Waals surface area contributed by atoms with Crippen molar-refractivity contribution in [3.05, 3.63) is 30.1 Å². The molecule has 1 rings (SSSR count). The van der Waals surface area contributed by atoms with Gasteiger partial charge in [0.15, 0.2) is 0 Å². The lowest BCUT2D eigenvalue weighted by molar-refractivity contribution is 0.0847. The molecular weight excluding hydrogens is 192 g/mol. The Morgan fingerprint density at radius 2 is 2.40 bits per heavy atom. The Labute approximate surface area is 89.3 Å². The Morgan fingerprint density at radius 3 is 2.87 bits per heavy atom. The summed E-state index contributed by atoms with van der Waals surface area (Å²) in [7, 11) is 0. The van der Waals surface area contributed by atoms with Crippen molar-refractivity contribution >= 4 is 5.91 Å². The first-order valence-corrected chi connectivity index (χ1v) is 4.94. The van der Waals surface area contributed by atoms with Crippen LogP contribution in [0.3, 0.4) is 0 Å². The number of amides is 1. The van der Waals surface area contributed by atoms with E-state index in [0.29, 0.717) is 12.0 Å². The molecule has 0 spiro atoms. The van der Waals surface area contributed by atoms with Crippen LogP contribution >= 0.6 is 0 Å². The van der Waals surface area contributed by atoms with Crippen LogP contribution in [0.2, 0.25) is 0 Å². The highest BCUT2D eigenvalue weighted by molar-refractivity contribution is 5.94. The standard InChI is InChI=1S/C11H16N2O2/c1-3-11(2,8-14)13-10(15)9-5-4-6-12-7-9/h4-7,14H,3,8H2,1-2H3,(H,13,15). The largest absolute Gasteiger partial charge is 0.394 e. The van der Waals surface area contributed by atoms with Gasteiger partial charge in [0.1, 0.15) is 0 Å². The minimum Gasteiger partial charge on any atom is -0.394 e. The molecule has 1 atom stereocenters. The Bertz CT molecular complexity index is 321. The van der Waals surface area contributed by atoms with Gasteiger partial charge in [-0.05, 0) is 25.5 Å². The number of hydrogen-bond donors (Lipinski definition) is 2. The summed E-state index contributed by atoms with van der Waals surface area (Å²) in [6.45, 7) is 3.65. The van der Waals surface area contributed by atoms with Crippen LogP contribution in [0, 0.1) is 0 Å². The van der Waals surface area contributed by atoms with Crippen molar-refractivity contribution in [2.45, 2.75) is 25.8 Å². The summed E-state index contributed by atoms with van der Waals surface area (Å²) in [5, 5.41) is 11.9. The van der Waals surface area contributed by atoms with E-state index in [-0.39, 0.29) is 12.5 Å². The Kier molecular flexibility index (Phi) is 3.80. The molecule has 1 heterocycles. The first-order chi connectivity index (χ1) is 7.11. The molecule has 15 heavy (non-hydrogen) atoms. The fraction of sp³-hybridized carbons (Fsp3) is 0.455. The predicted molar refractivity (Wildman–Crippen MR) is 57.5 cm³/mol. The molecule has 0 saturated carbocycles. The van der Waals surface area contributed by atoms with Crippen molar-refractivity contribution in [3.8, 4) is 0 Å². The van der Waals surface area contributed by atoms with Crippen molar-refractivity contribution < 1.29 is 9.90 Å². The van der Waals surface area contributed by atoms with E-state index in [9.17, 15) is 4.79 Å². The van der Waals surface area contributed by atoms with Gasteiger partial charge in [-0.1, -0.05) is 6.92 Å². The van der Waals surface area contributed by atoms with Crippen molar-refractivity contribution in [1.82, 2.24) is 10.3 Å². The van der Waals surface area contributed by atoms with Crippen LogP contribution in [-0.4, -0.2) is 28.1 Å². The summed E-state index contributed by atoms with van der Waals surface area (Å²) in [6.07, 6.45) is 3.79. The molecule has 4 heteroatoms. The van der Waals surface area contributed by atoms with E-state index in [1.807, 2.05) is 6.92 Å². The van der Waals surface area contributed by atoms with Gasteiger partial charge >= 0.3 is 0 Å². The van der Waals surface area contributed by atoms with E-state index in [0.717, 1.165) is 0 Å². The van der Waals surface area contributed by atoms with Crippen LogP contribution in [0.4, 0.5) is 0 Å². The third kappa shape index (κ3) is 3.02. The lowest BCUT2D eigenvalue weighted by Crippen LogP contribution is -2.48. The first-order valence-electron chi connectivity index (χ1n) is 4.94. The third-order valence-corrected chi connectivity index (χ3v) is 2.47. The topological polar surface area (TPSA) is 62.2 Å². The number of pyridine rings is 1. The Morgan fingerprint density at radius 1 is 1.67 bits per heavy atom. The van der Waals surface area contributed by atoms with Crippen molar-refractivity contribution in [2.24, 2.45) is 0 Å². The maximum atomic E-state index is 11.7. The van der Waals surface area contributed by atoms with Crippen LogP contribution in [0.1, 0.15) is 30.6 Å². The van der Waals surface area contributed by atoms with E-state index in [2.05, 4.69) is 10.3 Å². The Hall–Kier alpha value is -1.42. The van der Waals surface area contributed by atoms with Gasteiger partial charge in [0, 0.05) is 12.4 Å². The van der Waals surface area contributed by atoms with Crippen LogP contribution in [-0.2, 0) is 0 Å². The van der Waals surface area contributed by atoms with Crippen molar-refractivity contribution in [3.63, 3.8) is 0 Å². The zero-order chi connectivity index (χ0) is 11.3. The molecule has 0 radical (unpaired) electrons. The van der Waals surface area contributed by atoms with Gasteiger partial charge in [-0.3, -0.25) is 9.78 Å². The molecule has 0 aliphatic rings. The second-order valence-electron chi connectivity index (χ2n) is 3.77. The van der Waals surface area contributed by atoms with Gasteiger partial charge in [-0.2, -0.15) is 0 Å². The second-order valence-corrected chi connectivity index (χ2v) is 3.77. The number of carbonyl (C=O) groups is 1. The molecular formula is C11H16N2O2. The molecule has 1 aromatic rings. The van der Waals surface area contributed by atoms with Gasteiger partial charge < -0.3 is 10.4 Å². The molecule has 0 saturated heterocycles. The molecule has 1 amide bonds. The van der Waals surface area contributed by atoms with Crippen LogP contribution < -0.4 is 5.32 Å². The fourth-order valence-corrected chi connectivity index (χ4v) is 1.08. The molecule has 0 aromatic carbocycles. The normalized spacial score (nSPS) is 14.3. The van der Waals surface area contributed by atoms with Crippen LogP contribution in [0.15, 0.2) is 24.5 Å². The zero-order valence-electron chi connectivity index (χ0n) is 9.03. The average Bonchev–Trinajstić information content (AvgIpc) is 2.30. The molecule has 2 N–H and O–H groups in total. The van der Waals surface area contributed by atoms with Gasteiger partial charge in [0.25, 0.3) is 5.91 Å². The molecule has 1 unspecified atom stereocenters. The average molecular weight is 208 g/mol. The SMILES string of the molecule is CCC(C)(CO)NC(=O)c1cccnc1. The predicted octanol–water partition coefficient (Wildman–Crippen LogP) is 0.972. The molecule has 82 valence electrons. The maximum absolute atomic E-state index is 11.7. The summed E-state index contributed by atoms with van der Waals surface area (Å²) in [5.74, 6) is -0.207. The summed E-state index contributed by atoms with van der Waals surface area (Å²) in [4.78, 5) is 15.6. The highest BCUT2D eigenvalue weighted by Crippen LogP contribution is 2.09. The minimum absolute atomic E-state index is 0.0739. The molecule has 0 aliphatic heterocycles. The summed E-state index contributed by atoms with van der Waals surface area (Å²) in [5.41, 5.74) is -0.0574. The fourth-order valence-electron chi connectivity index (χ4n) is 1.08. The van der Waals surface area contributed by atoms with Gasteiger partial charge in [-0.25, -0.2) is 0 Å².